The number of nitrogens with zero attached hydrogens (tertiary/aromatic N) is 5. The third-order valence-corrected chi connectivity index (χ3v) is 5.38. The van der Waals surface area contributed by atoms with Gasteiger partial charge in [0.05, 0.1) is 5.70 Å². The Kier molecular flexibility index (Phi) is 4.48. The van der Waals surface area contributed by atoms with Gasteiger partial charge < -0.3 is 10.2 Å². The molecule has 0 amide bonds. The van der Waals surface area contributed by atoms with Gasteiger partial charge in [0.2, 0.25) is 0 Å². The van der Waals surface area contributed by atoms with Crippen molar-refractivity contribution < 1.29 is 0 Å². The highest BCUT2D eigenvalue weighted by Gasteiger charge is 2.22. The van der Waals surface area contributed by atoms with E-state index in [1.165, 1.54) is 12.8 Å². The predicted octanol–water partition coefficient (Wildman–Crippen LogP) is 3.71. The van der Waals surface area contributed by atoms with E-state index in [4.69, 9.17) is 4.98 Å². The SMILES string of the molecule is CC1CCCN1c1cccc(NC2=CC(c3cccnc3)=CNn3ccnc32)n1. The molecule has 1 fully saturated rings. The average molecular weight is 385 g/mol. The summed E-state index contributed by atoms with van der Waals surface area (Å²) in [6.07, 6.45) is 13.7. The summed E-state index contributed by atoms with van der Waals surface area (Å²) in [5, 5.41) is 3.48. The van der Waals surface area contributed by atoms with Crippen molar-refractivity contribution >= 4 is 22.9 Å². The molecule has 1 unspecified atom stereocenters. The highest BCUT2D eigenvalue weighted by atomic mass is 15.4. The van der Waals surface area contributed by atoms with Gasteiger partial charge in [-0.1, -0.05) is 12.1 Å². The zero-order chi connectivity index (χ0) is 19.6. The number of imidazole rings is 1. The van der Waals surface area contributed by atoms with E-state index < -0.39 is 0 Å². The monoisotopic (exact) mass is 385 g/mol. The number of aromatic nitrogens is 4. The van der Waals surface area contributed by atoms with Crippen LogP contribution in [0.4, 0.5) is 11.6 Å². The molecular weight excluding hydrogens is 362 g/mol. The lowest BCUT2D eigenvalue weighted by Gasteiger charge is -2.23. The smallest absolute Gasteiger partial charge is 0.175 e. The molecule has 0 bridgehead atoms. The fraction of sp³-hybridized carbons (Fsp3) is 0.227. The van der Waals surface area contributed by atoms with Crippen LogP contribution in [0, 0.1) is 0 Å². The molecule has 5 rings (SSSR count). The van der Waals surface area contributed by atoms with Crippen molar-refractivity contribution in [1.29, 1.82) is 0 Å². The molecular formula is C22H23N7. The molecule has 0 saturated carbocycles. The second kappa shape index (κ2) is 7.43. The van der Waals surface area contributed by atoms with Gasteiger partial charge in [-0.25, -0.2) is 14.6 Å². The number of allylic oxidation sites excluding steroid dienone is 2. The molecule has 0 aromatic carbocycles. The summed E-state index contributed by atoms with van der Waals surface area (Å²) in [6, 6.07) is 10.6. The molecule has 5 heterocycles. The molecule has 0 aliphatic carbocycles. The largest absolute Gasteiger partial charge is 0.354 e. The third kappa shape index (κ3) is 3.47. The van der Waals surface area contributed by atoms with E-state index in [0.29, 0.717) is 6.04 Å². The van der Waals surface area contributed by atoms with Crippen molar-refractivity contribution in [2.24, 2.45) is 0 Å². The molecule has 2 aliphatic heterocycles. The fourth-order valence-corrected chi connectivity index (χ4v) is 3.86. The van der Waals surface area contributed by atoms with Crippen molar-refractivity contribution in [3.05, 3.63) is 78.8 Å². The van der Waals surface area contributed by atoms with Crippen molar-refractivity contribution in [3.63, 3.8) is 0 Å². The Morgan fingerprint density at radius 1 is 1.17 bits per heavy atom. The van der Waals surface area contributed by atoms with Crippen LogP contribution in [-0.4, -0.2) is 32.2 Å². The highest BCUT2D eigenvalue weighted by molar-refractivity contribution is 5.87. The standard InChI is InChI=1S/C22H23N7/c1-16-5-4-11-28(16)21-8-2-7-20(27-21)26-19-13-18(17-6-3-9-23-14-17)15-25-29-12-10-24-22(19)29/h2-3,6-10,12-16,25H,4-5,11H2,1H3,(H,26,27). The first-order valence-corrected chi connectivity index (χ1v) is 9.91. The Balaban J connectivity index is 1.49. The Morgan fingerprint density at radius 2 is 2.14 bits per heavy atom. The molecule has 146 valence electrons. The molecule has 29 heavy (non-hydrogen) atoms. The Labute approximate surface area is 169 Å². The first kappa shape index (κ1) is 17.5. The van der Waals surface area contributed by atoms with Gasteiger partial charge in [-0.15, -0.1) is 0 Å². The third-order valence-electron chi connectivity index (χ3n) is 5.38. The van der Waals surface area contributed by atoms with Crippen molar-refractivity contribution in [2.45, 2.75) is 25.8 Å². The number of rotatable bonds is 4. The molecule has 7 nitrogen and oxygen atoms in total. The molecule has 0 radical (unpaired) electrons. The fourth-order valence-electron chi connectivity index (χ4n) is 3.86. The summed E-state index contributed by atoms with van der Waals surface area (Å²) in [4.78, 5) is 16.0. The van der Waals surface area contributed by atoms with Crippen LogP contribution in [0.2, 0.25) is 0 Å². The van der Waals surface area contributed by atoms with Crippen LogP contribution in [-0.2, 0) is 0 Å². The maximum Gasteiger partial charge on any atom is 0.175 e. The zero-order valence-electron chi connectivity index (χ0n) is 16.3. The molecule has 3 aromatic rings. The second-order valence-electron chi connectivity index (χ2n) is 7.34. The normalized spacial score (nSPS) is 18.4. The van der Waals surface area contributed by atoms with Crippen LogP contribution >= 0.6 is 0 Å². The summed E-state index contributed by atoms with van der Waals surface area (Å²) in [5.41, 5.74) is 6.18. The number of anilines is 2. The van der Waals surface area contributed by atoms with Crippen LogP contribution in [0.25, 0.3) is 11.3 Å². The molecule has 0 spiro atoms. The van der Waals surface area contributed by atoms with Gasteiger partial charge in [0.25, 0.3) is 0 Å². The summed E-state index contributed by atoms with van der Waals surface area (Å²) >= 11 is 0. The lowest BCUT2D eigenvalue weighted by molar-refractivity contribution is 0.727. The van der Waals surface area contributed by atoms with Gasteiger partial charge in [-0.05, 0) is 44.0 Å². The van der Waals surface area contributed by atoms with Gasteiger partial charge >= 0.3 is 0 Å². The molecule has 2 aliphatic rings. The topological polar surface area (TPSA) is 70.9 Å². The van der Waals surface area contributed by atoms with Crippen LogP contribution in [0.1, 0.15) is 31.2 Å². The van der Waals surface area contributed by atoms with E-state index in [-0.39, 0.29) is 0 Å². The first-order valence-electron chi connectivity index (χ1n) is 9.91. The lowest BCUT2D eigenvalue weighted by Crippen LogP contribution is -2.27. The van der Waals surface area contributed by atoms with Crippen molar-refractivity contribution in [2.75, 3.05) is 22.2 Å². The van der Waals surface area contributed by atoms with Gasteiger partial charge in [-0.2, -0.15) is 0 Å². The molecule has 3 aromatic heterocycles. The van der Waals surface area contributed by atoms with E-state index in [0.717, 1.165) is 40.8 Å². The molecule has 1 saturated heterocycles. The average Bonchev–Trinajstić information content (AvgIpc) is 3.36. The summed E-state index contributed by atoms with van der Waals surface area (Å²) in [7, 11) is 0. The van der Waals surface area contributed by atoms with Gasteiger partial charge in [0.15, 0.2) is 5.82 Å². The number of hydrogen-bond acceptors (Lipinski definition) is 6. The molecule has 2 N–H and O–H groups in total. The van der Waals surface area contributed by atoms with Crippen LogP contribution in [0.3, 0.4) is 0 Å². The minimum absolute atomic E-state index is 0.526. The van der Waals surface area contributed by atoms with E-state index in [1.54, 1.807) is 12.4 Å². The summed E-state index contributed by atoms with van der Waals surface area (Å²) in [5.74, 6) is 2.61. The highest BCUT2D eigenvalue weighted by Crippen LogP contribution is 2.27. The quantitative estimate of drug-likeness (QED) is 0.713. The molecule has 1 atom stereocenters. The van der Waals surface area contributed by atoms with Gasteiger partial charge in [0, 0.05) is 54.7 Å². The van der Waals surface area contributed by atoms with Gasteiger partial charge in [-0.3, -0.25) is 10.4 Å². The summed E-state index contributed by atoms with van der Waals surface area (Å²) < 4.78 is 1.88. The van der Waals surface area contributed by atoms with Gasteiger partial charge in [0.1, 0.15) is 11.6 Å². The first-order chi connectivity index (χ1) is 14.3. The predicted molar refractivity (Wildman–Crippen MR) is 116 cm³/mol. The minimum Gasteiger partial charge on any atom is -0.354 e. The zero-order valence-corrected chi connectivity index (χ0v) is 16.3. The maximum absolute atomic E-state index is 4.87. The summed E-state index contributed by atoms with van der Waals surface area (Å²) in [6.45, 7) is 3.32. The van der Waals surface area contributed by atoms with Crippen molar-refractivity contribution in [1.82, 2.24) is 19.6 Å². The Hall–Kier alpha value is -3.61. The van der Waals surface area contributed by atoms with E-state index in [1.807, 2.05) is 41.5 Å². The van der Waals surface area contributed by atoms with Crippen LogP contribution < -0.4 is 15.6 Å². The van der Waals surface area contributed by atoms with E-state index >= 15 is 0 Å². The Morgan fingerprint density at radius 3 is 2.97 bits per heavy atom. The number of hydrogen-bond donors (Lipinski definition) is 2. The number of fused-ring (bicyclic) bond motifs is 1. The van der Waals surface area contributed by atoms with Crippen LogP contribution in [0.5, 0.6) is 0 Å². The molecule has 7 heteroatoms. The maximum atomic E-state index is 4.87. The minimum atomic E-state index is 0.526. The van der Waals surface area contributed by atoms with E-state index in [9.17, 15) is 0 Å². The Bertz CT molecular complexity index is 1070. The number of nitrogens with one attached hydrogen (secondary N) is 2. The second-order valence-corrected chi connectivity index (χ2v) is 7.34. The lowest BCUT2D eigenvalue weighted by atomic mass is 10.1. The van der Waals surface area contributed by atoms with Crippen molar-refractivity contribution in [3.8, 4) is 0 Å². The van der Waals surface area contributed by atoms with Crippen LogP contribution in [0.15, 0.2) is 67.4 Å². The van der Waals surface area contributed by atoms with E-state index in [2.05, 4.69) is 50.7 Å². The number of pyridine rings is 2.